The zero-order chi connectivity index (χ0) is 34.1. The average molecular weight is 649 g/mol. The maximum Gasteiger partial charge on any atom is 0.0913 e. The van der Waals surface area contributed by atoms with Crippen LogP contribution in [0.15, 0.2) is 113 Å². The molecule has 0 aliphatic heterocycles. The summed E-state index contributed by atoms with van der Waals surface area (Å²) in [5.74, 6) is 0. The van der Waals surface area contributed by atoms with Crippen molar-refractivity contribution in [3.63, 3.8) is 0 Å². The van der Waals surface area contributed by atoms with Crippen LogP contribution in [0.4, 0.5) is 0 Å². The van der Waals surface area contributed by atoms with Crippen molar-refractivity contribution in [2.75, 3.05) is 39.6 Å². The molecule has 0 bridgehead atoms. The van der Waals surface area contributed by atoms with Crippen LogP contribution in [0, 0.1) is 0 Å². The topological polar surface area (TPSA) is 55.4 Å². The molecule has 0 saturated heterocycles. The summed E-state index contributed by atoms with van der Waals surface area (Å²) in [5, 5.41) is 7.14. The zero-order valence-electron chi connectivity index (χ0n) is 28.1. The molecule has 0 spiro atoms. The fourth-order valence-electron chi connectivity index (χ4n) is 6.31. The first-order valence-corrected chi connectivity index (χ1v) is 16.4. The lowest BCUT2D eigenvalue weighted by Gasteiger charge is -2.20. The molecule has 0 saturated carbocycles. The standard InChI is InChI=1S/C42H48O6/c1-7-43-19-13-31-25-37-38(26-32(31)14-20-44-8-2)40-28-34(16-22-46-10-4)36(18-24-48-12-6)30-42(40)41-29-35(17-23-47-11-5)33(27-39(37)41)15-21-45-9-3/h7-12,25-30H,1-6,13-24H2. The Labute approximate surface area is 285 Å². The van der Waals surface area contributed by atoms with Gasteiger partial charge in [-0.3, -0.25) is 0 Å². The van der Waals surface area contributed by atoms with Crippen LogP contribution >= 0.6 is 0 Å². The minimum Gasteiger partial charge on any atom is -0.501 e. The number of rotatable bonds is 24. The molecule has 0 amide bonds. The van der Waals surface area contributed by atoms with Gasteiger partial charge < -0.3 is 28.4 Å². The molecule has 0 aliphatic rings. The van der Waals surface area contributed by atoms with Gasteiger partial charge in [-0.25, -0.2) is 0 Å². The van der Waals surface area contributed by atoms with E-state index in [4.69, 9.17) is 28.4 Å². The largest absolute Gasteiger partial charge is 0.501 e. The van der Waals surface area contributed by atoms with Gasteiger partial charge in [0.1, 0.15) is 0 Å². The summed E-state index contributed by atoms with van der Waals surface area (Å²) in [6, 6.07) is 14.0. The van der Waals surface area contributed by atoms with E-state index in [1.165, 1.54) is 103 Å². The minimum atomic E-state index is 0.539. The van der Waals surface area contributed by atoms with Crippen LogP contribution in [-0.4, -0.2) is 39.6 Å². The Hall–Kier alpha value is -5.10. The van der Waals surface area contributed by atoms with Crippen LogP contribution < -0.4 is 0 Å². The van der Waals surface area contributed by atoms with E-state index in [0.29, 0.717) is 39.6 Å². The molecule has 0 radical (unpaired) electrons. The van der Waals surface area contributed by atoms with Crippen LogP contribution in [-0.2, 0) is 66.9 Å². The van der Waals surface area contributed by atoms with Gasteiger partial charge in [0, 0.05) is 38.5 Å². The maximum atomic E-state index is 5.58. The maximum absolute atomic E-state index is 5.58. The predicted octanol–water partition coefficient (Wildman–Crippen LogP) is 9.36. The third-order valence-electron chi connectivity index (χ3n) is 8.53. The van der Waals surface area contributed by atoms with Crippen LogP contribution in [0.5, 0.6) is 0 Å². The molecule has 48 heavy (non-hydrogen) atoms. The Morgan fingerprint density at radius 3 is 0.562 bits per heavy atom. The van der Waals surface area contributed by atoms with Crippen molar-refractivity contribution < 1.29 is 28.4 Å². The lowest BCUT2D eigenvalue weighted by Crippen LogP contribution is -2.06. The van der Waals surface area contributed by atoms with Gasteiger partial charge in [0.05, 0.1) is 77.2 Å². The molecule has 0 atom stereocenters. The molecule has 6 nitrogen and oxygen atoms in total. The summed E-state index contributed by atoms with van der Waals surface area (Å²) in [5.41, 5.74) is 7.31. The van der Waals surface area contributed by atoms with Crippen molar-refractivity contribution in [1.82, 2.24) is 0 Å². The van der Waals surface area contributed by atoms with E-state index in [9.17, 15) is 0 Å². The SMILES string of the molecule is C=COCCc1cc2c3cc(CCOC=C)c(CCOC=C)cc3c3cc(CCOC=C)c(CCOC=C)cc3c2cc1CCOC=C. The number of fused-ring (bicyclic) bond motifs is 6. The second-order valence-corrected chi connectivity index (χ2v) is 11.2. The second-order valence-electron chi connectivity index (χ2n) is 11.2. The Balaban J connectivity index is 2.08. The summed E-state index contributed by atoms with van der Waals surface area (Å²) in [6.07, 6.45) is 13.4. The normalized spacial score (nSPS) is 10.8. The molecule has 0 aromatic heterocycles. The molecule has 0 heterocycles. The van der Waals surface area contributed by atoms with E-state index in [1.807, 2.05) is 0 Å². The van der Waals surface area contributed by atoms with E-state index in [1.54, 1.807) is 0 Å². The van der Waals surface area contributed by atoms with Gasteiger partial charge in [-0.05, 0) is 65.7 Å². The van der Waals surface area contributed by atoms with Crippen LogP contribution in [0.25, 0.3) is 32.3 Å². The highest BCUT2D eigenvalue weighted by Gasteiger charge is 2.18. The predicted molar refractivity (Wildman–Crippen MR) is 198 cm³/mol. The molecule has 0 unspecified atom stereocenters. The fourth-order valence-corrected chi connectivity index (χ4v) is 6.31. The van der Waals surface area contributed by atoms with Crippen molar-refractivity contribution in [2.45, 2.75) is 38.5 Å². The number of hydrogen-bond donors (Lipinski definition) is 0. The van der Waals surface area contributed by atoms with E-state index >= 15 is 0 Å². The fraction of sp³-hybridized carbons (Fsp3) is 0.286. The third-order valence-corrected chi connectivity index (χ3v) is 8.53. The van der Waals surface area contributed by atoms with E-state index in [-0.39, 0.29) is 0 Å². The van der Waals surface area contributed by atoms with Gasteiger partial charge in [-0.15, -0.1) is 0 Å². The van der Waals surface area contributed by atoms with Crippen LogP contribution in [0.3, 0.4) is 0 Å². The summed E-state index contributed by atoms with van der Waals surface area (Å²) >= 11 is 0. The molecule has 4 rings (SSSR count). The van der Waals surface area contributed by atoms with Gasteiger partial charge in [0.15, 0.2) is 0 Å². The number of ether oxygens (including phenoxy) is 6. The third kappa shape index (κ3) is 9.03. The molecule has 252 valence electrons. The summed E-state index contributed by atoms with van der Waals surface area (Å²) in [6.45, 7) is 25.6. The van der Waals surface area contributed by atoms with Gasteiger partial charge >= 0.3 is 0 Å². The lowest BCUT2D eigenvalue weighted by atomic mass is 9.85. The van der Waals surface area contributed by atoms with Crippen molar-refractivity contribution in [3.8, 4) is 0 Å². The monoisotopic (exact) mass is 648 g/mol. The van der Waals surface area contributed by atoms with E-state index in [2.05, 4.69) is 75.9 Å². The van der Waals surface area contributed by atoms with Crippen molar-refractivity contribution in [2.24, 2.45) is 0 Å². The van der Waals surface area contributed by atoms with Crippen molar-refractivity contribution in [1.29, 1.82) is 0 Å². The molecule has 4 aromatic rings. The molecular formula is C42H48O6. The minimum absolute atomic E-state index is 0.539. The zero-order valence-corrected chi connectivity index (χ0v) is 28.1. The first-order valence-electron chi connectivity index (χ1n) is 16.4. The van der Waals surface area contributed by atoms with Crippen LogP contribution in [0.1, 0.15) is 33.4 Å². The summed E-state index contributed by atoms with van der Waals surface area (Å²) in [4.78, 5) is 0. The highest BCUT2D eigenvalue weighted by atomic mass is 16.5. The molecule has 6 heteroatoms. The van der Waals surface area contributed by atoms with Gasteiger partial charge in [-0.2, -0.15) is 0 Å². The second kappa shape index (κ2) is 18.9. The van der Waals surface area contributed by atoms with Crippen molar-refractivity contribution in [3.05, 3.63) is 147 Å². The van der Waals surface area contributed by atoms with Crippen LogP contribution in [0.2, 0.25) is 0 Å². The molecule has 4 aromatic carbocycles. The van der Waals surface area contributed by atoms with Gasteiger partial charge in [0.2, 0.25) is 0 Å². The Kier molecular flexibility index (Phi) is 14.1. The Morgan fingerprint density at radius 1 is 0.292 bits per heavy atom. The number of benzene rings is 4. The first-order chi connectivity index (χ1) is 23.6. The quantitative estimate of drug-likeness (QED) is 0.0429. The average Bonchev–Trinajstić information content (AvgIpc) is 3.09. The van der Waals surface area contributed by atoms with E-state index in [0.717, 1.165) is 38.5 Å². The summed E-state index contributed by atoms with van der Waals surface area (Å²) < 4.78 is 33.5. The van der Waals surface area contributed by atoms with Crippen molar-refractivity contribution >= 4 is 32.3 Å². The molecule has 0 aliphatic carbocycles. The van der Waals surface area contributed by atoms with Gasteiger partial charge in [0.25, 0.3) is 0 Å². The summed E-state index contributed by atoms with van der Waals surface area (Å²) in [7, 11) is 0. The van der Waals surface area contributed by atoms with Gasteiger partial charge in [-0.1, -0.05) is 75.9 Å². The first kappa shape index (κ1) is 35.7. The highest BCUT2D eigenvalue weighted by Crippen LogP contribution is 2.40. The molecule has 0 N–H and O–H groups in total. The number of hydrogen-bond acceptors (Lipinski definition) is 6. The Bertz CT molecular complexity index is 1390. The molecule has 0 fully saturated rings. The van der Waals surface area contributed by atoms with E-state index < -0.39 is 0 Å². The molecular weight excluding hydrogens is 600 g/mol. The highest BCUT2D eigenvalue weighted by molar-refractivity contribution is 6.26. The smallest absolute Gasteiger partial charge is 0.0913 e. The Morgan fingerprint density at radius 2 is 0.438 bits per heavy atom. The lowest BCUT2D eigenvalue weighted by molar-refractivity contribution is 0.250.